The van der Waals surface area contributed by atoms with Crippen LogP contribution in [-0.4, -0.2) is 16.2 Å². The van der Waals surface area contributed by atoms with Crippen molar-refractivity contribution in [1.29, 1.82) is 0 Å². The van der Waals surface area contributed by atoms with Gasteiger partial charge in [-0.15, -0.1) is 0 Å². The second kappa shape index (κ2) is 5.24. The first-order valence-electron chi connectivity index (χ1n) is 6.96. The number of carbonyl (C=O) groups is 1. The van der Waals surface area contributed by atoms with Crippen molar-refractivity contribution >= 4 is 5.97 Å². The molecule has 1 aliphatic rings. The maximum atomic E-state index is 11.1. The maximum Gasteiger partial charge on any atom is 0.303 e. The van der Waals surface area contributed by atoms with E-state index in [-0.39, 0.29) is 18.3 Å². The van der Waals surface area contributed by atoms with Gasteiger partial charge in [-0.25, -0.2) is 0 Å². The Hall–Kier alpha value is -1.51. The second-order valence-corrected chi connectivity index (χ2v) is 5.93. The molecule has 1 unspecified atom stereocenters. The Morgan fingerprint density at radius 1 is 1.37 bits per heavy atom. The van der Waals surface area contributed by atoms with E-state index in [1.54, 1.807) is 0 Å². The lowest BCUT2D eigenvalue weighted by Crippen LogP contribution is -2.12. The Morgan fingerprint density at radius 2 is 2.00 bits per heavy atom. The minimum absolute atomic E-state index is 0.0465. The van der Waals surface area contributed by atoms with Gasteiger partial charge in [0.15, 0.2) is 0 Å². The Bertz CT molecular complexity index is 487. The summed E-state index contributed by atoms with van der Waals surface area (Å²) >= 11 is 0. The van der Waals surface area contributed by atoms with Gasteiger partial charge in [0, 0.05) is 11.5 Å². The summed E-state index contributed by atoms with van der Waals surface area (Å²) in [7, 11) is 0. The normalized spacial score (nSPS) is 16.6. The first-order chi connectivity index (χ1) is 8.91. The topological polar surface area (TPSA) is 57.5 Å². The van der Waals surface area contributed by atoms with Crippen LogP contribution in [0.25, 0.3) is 0 Å². The summed E-state index contributed by atoms with van der Waals surface area (Å²) in [5.41, 5.74) is 2.79. The van der Waals surface area contributed by atoms with E-state index in [4.69, 9.17) is 5.11 Å². The summed E-state index contributed by atoms with van der Waals surface area (Å²) < 4.78 is 0. The molecule has 0 heterocycles. The molecule has 104 valence electrons. The summed E-state index contributed by atoms with van der Waals surface area (Å²) in [6.45, 7) is 6.03. The Labute approximate surface area is 114 Å². The highest BCUT2D eigenvalue weighted by atomic mass is 16.4. The Balaban J connectivity index is 2.50. The molecular formula is C16H22O3. The van der Waals surface area contributed by atoms with Gasteiger partial charge in [-0.2, -0.15) is 0 Å². The van der Waals surface area contributed by atoms with Crippen molar-refractivity contribution in [3.05, 3.63) is 28.8 Å². The van der Waals surface area contributed by atoms with Gasteiger partial charge >= 0.3 is 5.97 Å². The first kappa shape index (κ1) is 13.9. The minimum atomic E-state index is -0.785. The molecular weight excluding hydrogens is 240 g/mol. The van der Waals surface area contributed by atoms with Crippen molar-refractivity contribution in [3.8, 4) is 5.75 Å². The van der Waals surface area contributed by atoms with Crippen LogP contribution in [0, 0.1) is 12.8 Å². The van der Waals surface area contributed by atoms with Crippen LogP contribution in [-0.2, 0) is 4.79 Å². The largest absolute Gasteiger partial charge is 0.507 e. The van der Waals surface area contributed by atoms with Crippen LogP contribution in [0.3, 0.4) is 0 Å². The SMILES string of the molecule is Cc1ccc(C(C)C)c(C(CC(=O)O)C2CC2)c1O. The average Bonchev–Trinajstić information content (AvgIpc) is 3.13. The summed E-state index contributed by atoms with van der Waals surface area (Å²) in [5, 5.41) is 19.5. The van der Waals surface area contributed by atoms with Gasteiger partial charge in [0.1, 0.15) is 5.75 Å². The van der Waals surface area contributed by atoms with Crippen LogP contribution in [0.5, 0.6) is 5.75 Å². The lowest BCUT2D eigenvalue weighted by Gasteiger charge is -2.23. The second-order valence-electron chi connectivity index (χ2n) is 5.93. The fourth-order valence-corrected chi connectivity index (χ4v) is 2.82. The summed E-state index contributed by atoms with van der Waals surface area (Å²) in [5.74, 6) is 0.171. The van der Waals surface area contributed by atoms with Crippen LogP contribution in [0.15, 0.2) is 12.1 Å². The standard InChI is InChI=1S/C16H22O3/c1-9(2)12-7-4-10(3)16(19)15(12)13(8-14(17)18)11-5-6-11/h4,7,9,11,13,19H,5-6,8H2,1-3H3,(H,17,18). The smallest absolute Gasteiger partial charge is 0.303 e. The highest BCUT2D eigenvalue weighted by molar-refractivity contribution is 5.69. The molecule has 3 nitrogen and oxygen atoms in total. The summed E-state index contributed by atoms with van der Waals surface area (Å²) in [6, 6.07) is 3.95. The van der Waals surface area contributed by atoms with E-state index in [1.165, 1.54) is 0 Å². The van der Waals surface area contributed by atoms with Gasteiger partial charge < -0.3 is 10.2 Å². The van der Waals surface area contributed by atoms with Crippen molar-refractivity contribution in [2.75, 3.05) is 0 Å². The van der Waals surface area contributed by atoms with Crippen LogP contribution in [0.2, 0.25) is 0 Å². The third-order valence-electron chi connectivity index (χ3n) is 4.03. The number of rotatable bonds is 5. The molecule has 0 radical (unpaired) electrons. The van der Waals surface area contributed by atoms with Crippen molar-refractivity contribution in [3.63, 3.8) is 0 Å². The number of hydrogen-bond donors (Lipinski definition) is 2. The number of carboxylic acids is 1. The predicted molar refractivity (Wildman–Crippen MR) is 74.7 cm³/mol. The van der Waals surface area contributed by atoms with Crippen molar-refractivity contribution in [2.24, 2.45) is 5.92 Å². The van der Waals surface area contributed by atoms with E-state index in [2.05, 4.69) is 13.8 Å². The molecule has 0 bridgehead atoms. The molecule has 2 N–H and O–H groups in total. The highest BCUT2D eigenvalue weighted by Gasteiger charge is 2.37. The molecule has 0 aromatic heterocycles. The van der Waals surface area contributed by atoms with E-state index >= 15 is 0 Å². The van der Waals surface area contributed by atoms with Crippen molar-refractivity contribution in [1.82, 2.24) is 0 Å². The molecule has 2 rings (SSSR count). The van der Waals surface area contributed by atoms with Gasteiger partial charge in [-0.05, 0) is 42.7 Å². The zero-order valence-electron chi connectivity index (χ0n) is 11.8. The van der Waals surface area contributed by atoms with Gasteiger partial charge in [0.05, 0.1) is 6.42 Å². The van der Waals surface area contributed by atoms with Crippen LogP contribution >= 0.6 is 0 Å². The molecule has 1 fully saturated rings. The third kappa shape index (κ3) is 2.91. The fraction of sp³-hybridized carbons (Fsp3) is 0.562. The number of hydrogen-bond acceptors (Lipinski definition) is 2. The number of aryl methyl sites for hydroxylation is 1. The molecule has 1 atom stereocenters. The average molecular weight is 262 g/mol. The first-order valence-corrected chi connectivity index (χ1v) is 6.96. The number of phenols is 1. The minimum Gasteiger partial charge on any atom is -0.507 e. The molecule has 0 spiro atoms. The molecule has 3 heteroatoms. The summed E-state index contributed by atoms with van der Waals surface area (Å²) in [6.07, 6.45) is 2.26. The molecule has 1 saturated carbocycles. The molecule has 0 aliphatic heterocycles. The van der Waals surface area contributed by atoms with E-state index in [1.807, 2.05) is 19.1 Å². The number of phenolic OH excluding ortho intramolecular Hbond substituents is 1. The molecule has 0 amide bonds. The molecule has 1 aromatic carbocycles. The van der Waals surface area contributed by atoms with Crippen LogP contribution in [0.4, 0.5) is 0 Å². The number of carboxylic acid groups (broad SMARTS) is 1. The molecule has 1 aromatic rings. The van der Waals surface area contributed by atoms with Gasteiger partial charge in [-0.1, -0.05) is 26.0 Å². The molecule has 19 heavy (non-hydrogen) atoms. The number of benzene rings is 1. The van der Waals surface area contributed by atoms with E-state index in [9.17, 15) is 9.90 Å². The summed E-state index contributed by atoms with van der Waals surface area (Å²) in [4.78, 5) is 11.1. The predicted octanol–water partition coefficient (Wildman–Crippen LogP) is 3.79. The monoisotopic (exact) mass is 262 g/mol. The maximum absolute atomic E-state index is 11.1. The zero-order chi connectivity index (χ0) is 14.2. The van der Waals surface area contributed by atoms with E-state index < -0.39 is 5.97 Å². The lowest BCUT2D eigenvalue weighted by molar-refractivity contribution is -0.137. The van der Waals surface area contributed by atoms with Gasteiger partial charge in [-0.3, -0.25) is 4.79 Å². The van der Waals surface area contributed by atoms with Gasteiger partial charge in [0.2, 0.25) is 0 Å². The fourth-order valence-electron chi connectivity index (χ4n) is 2.82. The third-order valence-corrected chi connectivity index (χ3v) is 4.03. The molecule has 1 aliphatic carbocycles. The lowest BCUT2D eigenvalue weighted by atomic mass is 9.82. The van der Waals surface area contributed by atoms with Crippen LogP contribution in [0.1, 0.15) is 61.6 Å². The van der Waals surface area contributed by atoms with Crippen molar-refractivity contribution < 1.29 is 15.0 Å². The Morgan fingerprint density at radius 3 is 2.47 bits per heavy atom. The van der Waals surface area contributed by atoms with E-state index in [0.29, 0.717) is 11.7 Å². The van der Waals surface area contributed by atoms with Crippen LogP contribution < -0.4 is 0 Å². The quantitative estimate of drug-likeness (QED) is 0.848. The van der Waals surface area contributed by atoms with Gasteiger partial charge in [0.25, 0.3) is 0 Å². The Kier molecular flexibility index (Phi) is 3.83. The molecule has 0 saturated heterocycles. The number of aliphatic carboxylic acids is 1. The van der Waals surface area contributed by atoms with Crippen molar-refractivity contribution in [2.45, 2.75) is 51.9 Å². The number of aromatic hydroxyl groups is 1. The van der Waals surface area contributed by atoms with E-state index in [0.717, 1.165) is 29.5 Å². The zero-order valence-corrected chi connectivity index (χ0v) is 11.8. The highest BCUT2D eigenvalue weighted by Crippen LogP contribution is 2.49.